The predicted molar refractivity (Wildman–Crippen MR) is 78.2 cm³/mol. The summed E-state index contributed by atoms with van der Waals surface area (Å²) in [5.74, 6) is -1.21. The lowest BCUT2D eigenvalue weighted by Crippen LogP contribution is -2.01. The van der Waals surface area contributed by atoms with Crippen molar-refractivity contribution < 1.29 is 14.7 Å². The fourth-order valence-electron chi connectivity index (χ4n) is 1.99. The number of carboxylic acids is 1. The molecule has 0 atom stereocenters. The molecule has 1 N–H and O–H groups in total. The molecule has 0 unspecified atom stereocenters. The number of hydrogen-bond acceptors (Lipinski definition) is 4. The number of ketones is 1. The molecule has 0 aliphatic heterocycles. The number of carboxylic acid groups (broad SMARTS) is 1. The van der Waals surface area contributed by atoms with Crippen molar-refractivity contribution in [3.63, 3.8) is 0 Å². The minimum Gasteiger partial charge on any atom is -0.478 e. The van der Waals surface area contributed by atoms with Crippen LogP contribution in [0, 0.1) is 0 Å². The summed E-state index contributed by atoms with van der Waals surface area (Å²) in [6.07, 6.45) is 1.52. The van der Waals surface area contributed by atoms with Gasteiger partial charge in [0.05, 0.1) is 17.4 Å². The molecule has 1 aromatic heterocycles. The lowest BCUT2D eigenvalue weighted by Gasteiger charge is -2.00. The van der Waals surface area contributed by atoms with E-state index in [1.807, 2.05) is 6.07 Å². The van der Waals surface area contributed by atoms with Crippen LogP contribution in [0.2, 0.25) is 0 Å². The van der Waals surface area contributed by atoms with Crippen molar-refractivity contribution in [2.24, 2.45) is 0 Å². The van der Waals surface area contributed by atoms with E-state index in [9.17, 15) is 9.59 Å². The van der Waals surface area contributed by atoms with Gasteiger partial charge >= 0.3 is 5.97 Å². The van der Waals surface area contributed by atoms with Gasteiger partial charge in [0.1, 0.15) is 0 Å². The molecule has 1 heterocycles. The number of carbonyl (C=O) groups excluding carboxylic acids is 1. The first-order valence-corrected chi connectivity index (χ1v) is 6.51. The molecule has 22 heavy (non-hydrogen) atoms. The summed E-state index contributed by atoms with van der Waals surface area (Å²) < 4.78 is 1.43. The Labute approximate surface area is 125 Å². The van der Waals surface area contributed by atoms with Gasteiger partial charge in [-0.25, -0.2) is 9.48 Å². The van der Waals surface area contributed by atoms with Gasteiger partial charge in [-0.05, 0) is 24.3 Å². The minimum atomic E-state index is -0.995. The van der Waals surface area contributed by atoms with Crippen LogP contribution in [0.25, 0.3) is 5.69 Å². The van der Waals surface area contributed by atoms with Gasteiger partial charge in [-0.1, -0.05) is 35.5 Å². The van der Waals surface area contributed by atoms with Crippen molar-refractivity contribution in [2.75, 3.05) is 0 Å². The van der Waals surface area contributed by atoms with E-state index in [0.29, 0.717) is 11.3 Å². The third-order valence-corrected chi connectivity index (χ3v) is 3.14. The van der Waals surface area contributed by atoms with Gasteiger partial charge in [0.15, 0.2) is 5.69 Å². The molecule has 108 valence electrons. The average Bonchev–Trinajstić information content (AvgIpc) is 3.05. The van der Waals surface area contributed by atoms with E-state index in [2.05, 4.69) is 10.3 Å². The molecule has 0 fully saturated rings. The van der Waals surface area contributed by atoms with Gasteiger partial charge in [0.25, 0.3) is 0 Å². The molecule has 6 nitrogen and oxygen atoms in total. The molecular weight excluding hydrogens is 282 g/mol. The highest BCUT2D eigenvalue weighted by Gasteiger charge is 2.13. The average molecular weight is 293 g/mol. The number of benzene rings is 2. The van der Waals surface area contributed by atoms with Gasteiger partial charge in [-0.3, -0.25) is 4.79 Å². The number of hydrogen-bond donors (Lipinski definition) is 1. The lowest BCUT2D eigenvalue weighted by atomic mass is 10.1. The second-order valence-electron chi connectivity index (χ2n) is 4.60. The molecule has 0 aliphatic rings. The van der Waals surface area contributed by atoms with Crippen LogP contribution in [0.3, 0.4) is 0 Å². The summed E-state index contributed by atoms with van der Waals surface area (Å²) in [4.78, 5) is 23.1. The monoisotopic (exact) mass is 293 g/mol. The maximum absolute atomic E-state index is 12.2. The highest BCUT2D eigenvalue weighted by molar-refractivity contribution is 6.07. The van der Waals surface area contributed by atoms with Crippen molar-refractivity contribution in [3.8, 4) is 5.69 Å². The van der Waals surface area contributed by atoms with E-state index < -0.39 is 5.97 Å². The van der Waals surface area contributed by atoms with Crippen LogP contribution in [-0.4, -0.2) is 31.9 Å². The zero-order valence-corrected chi connectivity index (χ0v) is 11.4. The van der Waals surface area contributed by atoms with Crippen LogP contribution in [0.5, 0.6) is 0 Å². The molecule has 6 heteroatoms. The number of aromatic carboxylic acids is 1. The Bertz CT molecular complexity index is 823. The van der Waals surface area contributed by atoms with E-state index in [4.69, 9.17) is 5.11 Å². The van der Waals surface area contributed by atoms with Crippen molar-refractivity contribution in [2.45, 2.75) is 0 Å². The topological polar surface area (TPSA) is 85.1 Å². The number of aromatic nitrogens is 3. The number of carbonyl (C=O) groups is 2. The van der Waals surface area contributed by atoms with Crippen molar-refractivity contribution in [1.82, 2.24) is 15.0 Å². The van der Waals surface area contributed by atoms with Crippen molar-refractivity contribution >= 4 is 11.8 Å². The maximum Gasteiger partial charge on any atom is 0.335 e. The summed E-state index contributed by atoms with van der Waals surface area (Å²) in [6, 6.07) is 15.0. The third kappa shape index (κ3) is 2.62. The molecule has 0 bridgehead atoms. The van der Waals surface area contributed by atoms with E-state index in [-0.39, 0.29) is 17.0 Å². The smallest absolute Gasteiger partial charge is 0.335 e. The Kier molecular flexibility index (Phi) is 3.49. The molecule has 2 aromatic carbocycles. The second kappa shape index (κ2) is 5.61. The minimum absolute atomic E-state index is 0.185. The Hall–Kier alpha value is -3.28. The van der Waals surface area contributed by atoms with Gasteiger partial charge in [-0.2, -0.15) is 0 Å². The van der Waals surface area contributed by atoms with Crippen LogP contribution in [0.1, 0.15) is 26.4 Å². The Balaban J connectivity index is 1.87. The largest absolute Gasteiger partial charge is 0.478 e. The van der Waals surface area contributed by atoms with Crippen molar-refractivity contribution in [1.29, 1.82) is 0 Å². The Morgan fingerprint density at radius 3 is 2.23 bits per heavy atom. The fourth-order valence-corrected chi connectivity index (χ4v) is 1.99. The fraction of sp³-hybridized carbons (Fsp3) is 0. The lowest BCUT2D eigenvalue weighted by molar-refractivity contribution is 0.0696. The molecule has 0 radical (unpaired) electrons. The van der Waals surface area contributed by atoms with E-state index in [0.717, 1.165) is 0 Å². The molecule has 0 aliphatic carbocycles. The van der Waals surface area contributed by atoms with Crippen LogP contribution in [0.4, 0.5) is 0 Å². The van der Waals surface area contributed by atoms with Crippen molar-refractivity contribution in [3.05, 3.63) is 77.6 Å². The maximum atomic E-state index is 12.2. The molecule has 3 rings (SSSR count). The van der Waals surface area contributed by atoms with Crippen LogP contribution < -0.4 is 0 Å². The molecule has 0 spiro atoms. The number of rotatable bonds is 4. The summed E-state index contributed by atoms with van der Waals surface area (Å²) in [5.41, 5.74) is 1.58. The SMILES string of the molecule is O=C(O)c1ccc(-n2cc(C(=O)c3ccccc3)nn2)cc1. The summed E-state index contributed by atoms with van der Waals surface area (Å²) in [7, 11) is 0. The van der Waals surface area contributed by atoms with Crippen LogP contribution in [-0.2, 0) is 0 Å². The first-order valence-electron chi connectivity index (χ1n) is 6.51. The Morgan fingerprint density at radius 2 is 1.59 bits per heavy atom. The highest BCUT2D eigenvalue weighted by Crippen LogP contribution is 2.11. The van der Waals surface area contributed by atoms with Crippen LogP contribution in [0.15, 0.2) is 60.8 Å². The number of nitrogens with zero attached hydrogens (tertiary/aromatic N) is 3. The Morgan fingerprint density at radius 1 is 0.909 bits per heavy atom. The normalized spacial score (nSPS) is 10.4. The van der Waals surface area contributed by atoms with E-state index in [1.165, 1.54) is 23.0 Å². The first-order chi connectivity index (χ1) is 10.6. The quantitative estimate of drug-likeness (QED) is 0.745. The summed E-state index contributed by atoms with van der Waals surface area (Å²) in [5, 5.41) is 16.6. The summed E-state index contributed by atoms with van der Waals surface area (Å²) in [6.45, 7) is 0. The zero-order valence-electron chi connectivity index (χ0n) is 11.4. The molecular formula is C16H11N3O3. The second-order valence-corrected chi connectivity index (χ2v) is 4.60. The first kappa shape index (κ1) is 13.7. The van der Waals surface area contributed by atoms with Gasteiger partial charge in [-0.15, -0.1) is 5.10 Å². The van der Waals surface area contributed by atoms with Gasteiger partial charge in [0, 0.05) is 5.56 Å². The van der Waals surface area contributed by atoms with Gasteiger partial charge < -0.3 is 5.11 Å². The highest BCUT2D eigenvalue weighted by atomic mass is 16.4. The van der Waals surface area contributed by atoms with Gasteiger partial charge in [0.2, 0.25) is 5.78 Å². The van der Waals surface area contributed by atoms with E-state index in [1.54, 1.807) is 36.4 Å². The van der Waals surface area contributed by atoms with Crippen LogP contribution >= 0.6 is 0 Å². The molecule has 0 amide bonds. The zero-order chi connectivity index (χ0) is 15.5. The molecule has 3 aromatic rings. The standard InChI is InChI=1S/C16H11N3O3/c20-15(11-4-2-1-3-5-11)14-10-19(18-17-14)13-8-6-12(7-9-13)16(21)22/h1-10H,(H,21,22). The third-order valence-electron chi connectivity index (χ3n) is 3.14. The molecule has 0 saturated heterocycles. The predicted octanol–water partition coefficient (Wildman–Crippen LogP) is 2.20. The molecule has 0 saturated carbocycles. The van der Waals surface area contributed by atoms with E-state index >= 15 is 0 Å². The summed E-state index contributed by atoms with van der Waals surface area (Å²) >= 11 is 0.